The number of anilines is 1. The Morgan fingerprint density at radius 3 is 2.31 bits per heavy atom. The normalized spacial score (nSPS) is 18.1. The van der Waals surface area contributed by atoms with Crippen LogP contribution in [0.5, 0.6) is 5.75 Å². The Morgan fingerprint density at radius 1 is 0.943 bits per heavy atom. The molecule has 5 rings (SSSR count). The average molecular weight is 472 g/mol. The Bertz CT molecular complexity index is 1240. The van der Waals surface area contributed by atoms with Gasteiger partial charge in [0.15, 0.2) is 18.2 Å². The monoisotopic (exact) mass is 471 g/mol. The van der Waals surface area contributed by atoms with Crippen molar-refractivity contribution in [2.24, 2.45) is 0 Å². The predicted molar refractivity (Wildman–Crippen MR) is 132 cm³/mol. The molecule has 0 radical (unpaired) electrons. The van der Waals surface area contributed by atoms with Crippen LogP contribution in [0.3, 0.4) is 0 Å². The summed E-state index contributed by atoms with van der Waals surface area (Å²) < 4.78 is 11.9. The van der Waals surface area contributed by atoms with Crippen molar-refractivity contribution in [2.45, 2.75) is 58.3 Å². The summed E-state index contributed by atoms with van der Waals surface area (Å²) in [5, 5.41) is 2.90. The van der Waals surface area contributed by atoms with E-state index in [1.165, 1.54) is 0 Å². The van der Waals surface area contributed by atoms with E-state index in [2.05, 4.69) is 5.32 Å². The number of benzene rings is 2. The third-order valence-corrected chi connectivity index (χ3v) is 6.87. The molecule has 35 heavy (non-hydrogen) atoms. The average Bonchev–Trinajstić information content (AvgIpc) is 2.84. The third-order valence-electron chi connectivity index (χ3n) is 6.87. The number of amides is 1. The number of hydrogen-bond acceptors (Lipinski definition) is 5. The smallest absolute Gasteiger partial charge is 0.262 e. The lowest BCUT2D eigenvalue weighted by Gasteiger charge is -2.36. The third kappa shape index (κ3) is 4.65. The topological polar surface area (TPSA) is 81.7 Å². The molecule has 0 aromatic heterocycles. The van der Waals surface area contributed by atoms with Gasteiger partial charge in [0.25, 0.3) is 5.91 Å². The molecular formula is C29H29NO5. The van der Waals surface area contributed by atoms with Gasteiger partial charge in [0, 0.05) is 48.4 Å². The number of ether oxygens (including phenoxy) is 2. The molecule has 0 atom stereocenters. The van der Waals surface area contributed by atoms with E-state index in [9.17, 15) is 14.4 Å². The van der Waals surface area contributed by atoms with Gasteiger partial charge >= 0.3 is 0 Å². The van der Waals surface area contributed by atoms with E-state index in [1.807, 2.05) is 50.2 Å². The van der Waals surface area contributed by atoms with Gasteiger partial charge in [0.2, 0.25) is 0 Å². The van der Waals surface area contributed by atoms with Crippen molar-refractivity contribution in [1.29, 1.82) is 0 Å². The van der Waals surface area contributed by atoms with Gasteiger partial charge in [-0.3, -0.25) is 14.4 Å². The number of rotatable bonds is 5. The summed E-state index contributed by atoms with van der Waals surface area (Å²) in [5.41, 5.74) is 4.83. The number of nitrogens with one attached hydrogen (secondary N) is 1. The van der Waals surface area contributed by atoms with Gasteiger partial charge in [-0.1, -0.05) is 24.3 Å². The number of allylic oxidation sites excluding steroid dienone is 4. The van der Waals surface area contributed by atoms with Crippen molar-refractivity contribution in [3.8, 4) is 5.75 Å². The lowest BCUT2D eigenvalue weighted by Crippen LogP contribution is -2.30. The standard InChI is InChI=1S/C29H29NO5/c1-17-12-13-18(2)21(14-17)30-26(33)16-34-20-7-3-6-19(15-20)27-28-22(31)8-4-10-24(28)35-25-11-5-9-23(32)29(25)27/h3,6-7,12-15,27H,4-5,8-11,16H2,1-2H3,(H,30,33). The molecule has 2 aromatic rings. The Hall–Kier alpha value is -3.67. The van der Waals surface area contributed by atoms with Crippen LogP contribution in [-0.4, -0.2) is 24.1 Å². The minimum absolute atomic E-state index is 0.0420. The van der Waals surface area contributed by atoms with E-state index in [0.717, 1.165) is 35.2 Å². The van der Waals surface area contributed by atoms with Crippen LogP contribution in [0.4, 0.5) is 5.69 Å². The molecule has 2 aliphatic carbocycles. The summed E-state index contributed by atoms with van der Waals surface area (Å²) in [7, 11) is 0. The summed E-state index contributed by atoms with van der Waals surface area (Å²) in [5.74, 6) is 1.32. The van der Waals surface area contributed by atoms with Crippen LogP contribution in [0.2, 0.25) is 0 Å². The predicted octanol–water partition coefficient (Wildman–Crippen LogP) is 5.45. The van der Waals surface area contributed by atoms with E-state index < -0.39 is 5.92 Å². The van der Waals surface area contributed by atoms with E-state index in [1.54, 1.807) is 6.07 Å². The second-order valence-electron chi connectivity index (χ2n) is 9.49. The highest BCUT2D eigenvalue weighted by atomic mass is 16.5. The van der Waals surface area contributed by atoms with Crippen molar-refractivity contribution in [3.63, 3.8) is 0 Å². The molecule has 0 saturated heterocycles. The van der Waals surface area contributed by atoms with Crippen LogP contribution in [0.1, 0.15) is 61.1 Å². The zero-order valence-electron chi connectivity index (χ0n) is 20.1. The molecule has 2 aromatic carbocycles. The van der Waals surface area contributed by atoms with Gasteiger partial charge in [-0.2, -0.15) is 0 Å². The molecule has 0 unspecified atom stereocenters. The number of aryl methyl sites for hydroxylation is 2. The first-order chi connectivity index (χ1) is 16.9. The molecule has 1 aliphatic heterocycles. The minimum Gasteiger partial charge on any atom is -0.484 e. The zero-order valence-corrected chi connectivity index (χ0v) is 20.1. The van der Waals surface area contributed by atoms with Gasteiger partial charge in [0.1, 0.15) is 17.3 Å². The largest absolute Gasteiger partial charge is 0.484 e. The maximum Gasteiger partial charge on any atom is 0.262 e. The lowest BCUT2D eigenvalue weighted by atomic mass is 9.73. The van der Waals surface area contributed by atoms with Crippen LogP contribution in [0, 0.1) is 13.8 Å². The molecule has 0 fully saturated rings. The fourth-order valence-electron chi connectivity index (χ4n) is 5.14. The van der Waals surface area contributed by atoms with Crippen LogP contribution in [0.15, 0.2) is 65.1 Å². The molecular weight excluding hydrogens is 442 g/mol. The zero-order chi connectivity index (χ0) is 24.5. The van der Waals surface area contributed by atoms with Gasteiger partial charge in [-0.25, -0.2) is 0 Å². The number of carbonyl (C=O) groups is 3. The molecule has 6 nitrogen and oxygen atoms in total. The fourth-order valence-corrected chi connectivity index (χ4v) is 5.14. The van der Waals surface area contributed by atoms with Crippen molar-refractivity contribution < 1.29 is 23.9 Å². The van der Waals surface area contributed by atoms with Crippen molar-refractivity contribution >= 4 is 23.2 Å². The Morgan fingerprint density at radius 2 is 1.63 bits per heavy atom. The quantitative estimate of drug-likeness (QED) is 0.627. The lowest BCUT2D eigenvalue weighted by molar-refractivity contribution is -0.119. The van der Waals surface area contributed by atoms with Crippen LogP contribution < -0.4 is 10.1 Å². The van der Waals surface area contributed by atoms with Gasteiger partial charge in [-0.15, -0.1) is 0 Å². The highest BCUT2D eigenvalue weighted by Crippen LogP contribution is 2.48. The van der Waals surface area contributed by atoms with Crippen LogP contribution in [-0.2, 0) is 19.1 Å². The minimum atomic E-state index is -0.443. The maximum absolute atomic E-state index is 13.0. The molecule has 180 valence electrons. The Balaban J connectivity index is 1.39. The number of ketones is 2. The van der Waals surface area contributed by atoms with E-state index in [0.29, 0.717) is 54.1 Å². The maximum atomic E-state index is 13.0. The fraction of sp³-hybridized carbons (Fsp3) is 0.345. The van der Waals surface area contributed by atoms with Crippen molar-refractivity contribution in [1.82, 2.24) is 0 Å². The highest BCUT2D eigenvalue weighted by molar-refractivity contribution is 6.05. The van der Waals surface area contributed by atoms with Gasteiger partial charge in [0.05, 0.1) is 0 Å². The van der Waals surface area contributed by atoms with Crippen LogP contribution in [0.25, 0.3) is 0 Å². The van der Waals surface area contributed by atoms with Gasteiger partial charge < -0.3 is 14.8 Å². The second-order valence-corrected chi connectivity index (χ2v) is 9.49. The molecule has 1 heterocycles. The van der Waals surface area contributed by atoms with Crippen molar-refractivity contribution in [2.75, 3.05) is 11.9 Å². The first-order valence-corrected chi connectivity index (χ1v) is 12.2. The first-order valence-electron chi connectivity index (χ1n) is 12.2. The van der Waals surface area contributed by atoms with E-state index in [-0.39, 0.29) is 24.1 Å². The molecule has 6 heteroatoms. The van der Waals surface area contributed by atoms with E-state index >= 15 is 0 Å². The van der Waals surface area contributed by atoms with E-state index in [4.69, 9.17) is 9.47 Å². The van der Waals surface area contributed by atoms with Crippen LogP contribution >= 0.6 is 0 Å². The molecule has 1 N–H and O–H groups in total. The number of Topliss-reactive ketones (excluding diaryl/α,β-unsaturated/α-hetero) is 2. The van der Waals surface area contributed by atoms with Crippen molar-refractivity contribution in [3.05, 3.63) is 81.8 Å². The molecule has 0 bridgehead atoms. The summed E-state index contributed by atoms with van der Waals surface area (Å²) in [6.45, 7) is 3.77. The summed E-state index contributed by atoms with van der Waals surface area (Å²) >= 11 is 0. The van der Waals surface area contributed by atoms with Gasteiger partial charge in [-0.05, 0) is 61.6 Å². The molecule has 1 amide bonds. The SMILES string of the molecule is Cc1ccc(C)c(NC(=O)COc2cccc(C3C4=C(CCCC4=O)OC4=C3C(=O)CCC4)c2)c1. The summed E-state index contributed by atoms with van der Waals surface area (Å²) in [6.07, 6.45) is 3.86. The number of carbonyl (C=O) groups excluding carboxylic acids is 3. The molecule has 0 spiro atoms. The first kappa shape index (κ1) is 23.1. The second kappa shape index (κ2) is 9.53. The number of hydrogen-bond donors (Lipinski definition) is 1. The molecule has 3 aliphatic rings. The summed E-state index contributed by atoms with van der Waals surface area (Å²) in [6, 6.07) is 13.3. The summed E-state index contributed by atoms with van der Waals surface area (Å²) in [4.78, 5) is 38.5. The Labute approximate surface area is 205 Å². The molecule has 0 saturated carbocycles. The highest BCUT2D eigenvalue weighted by Gasteiger charge is 2.41. The Kier molecular flexibility index (Phi) is 6.29.